The number of carboxylic acid groups (broad SMARTS) is 1. The van der Waals surface area contributed by atoms with Crippen LogP contribution in [0.25, 0.3) is 11.6 Å². The first-order chi connectivity index (χ1) is 14.7. The van der Waals surface area contributed by atoms with Crippen LogP contribution in [0.2, 0.25) is 0 Å². The number of aliphatic carboxylic acids is 1. The van der Waals surface area contributed by atoms with Crippen LogP contribution in [0.4, 0.5) is 8.78 Å². The van der Waals surface area contributed by atoms with Gasteiger partial charge in [-0.05, 0) is 56.7 Å². The monoisotopic (exact) mass is 428 g/mol. The molecule has 31 heavy (non-hydrogen) atoms. The molecule has 0 aliphatic heterocycles. The number of aryl methyl sites for hydroxylation is 1. The van der Waals surface area contributed by atoms with Crippen molar-refractivity contribution >= 4 is 5.97 Å². The van der Waals surface area contributed by atoms with Crippen LogP contribution in [0.3, 0.4) is 0 Å². The molecule has 0 atom stereocenters. The number of carboxylic acids is 1. The lowest BCUT2D eigenvalue weighted by Gasteiger charge is -2.42. The summed E-state index contributed by atoms with van der Waals surface area (Å²) in [4.78, 5) is 15.9. The highest BCUT2D eigenvalue weighted by Gasteiger charge is 2.51. The van der Waals surface area contributed by atoms with Gasteiger partial charge in [-0.25, -0.2) is 8.78 Å². The van der Waals surface area contributed by atoms with E-state index in [9.17, 15) is 18.7 Å². The van der Waals surface area contributed by atoms with E-state index in [1.54, 1.807) is 6.92 Å². The van der Waals surface area contributed by atoms with Gasteiger partial charge in [-0.1, -0.05) is 29.4 Å². The van der Waals surface area contributed by atoms with Gasteiger partial charge >= 0.3 is 5.97 Å². The molecule has 1 aromatic carbocycles. The Hall–Kier alpha value is -3.10. The van der Waals surface area contributed by atoms with E-state index in [4.69, 9.17) is 4.52 Å². The summed E-state index contributed by atoms with van der Waals surface area (Å²) >= 11 is 0. The van der Waals surface area contributed by atoms with Crippen LogP contribution < -0.4 is 0 Å². The van der Waals surface area contributed by atoms with Gasteiger partial charge in [-0.15, -0.1) is 0 Å². The molecule has 2 fully saturated rings. The van der Waals surface area contributed by atoms with E-state index in [-0.39, 0.29) is 35.5 Å². The zero-order valence-corrected chi connectivity index (χ0v) is 17.2. The maximum atomic E-state index is 13.7. The van der Waals surface area contributed by atoms with Gasteiger partial charge in [0.15, 0.2) is 11.5 Å². The highest BCUT2D eigenvalue weighted by molar-refractivity contribution is 5.75. The Morgan fingerprint density at radius 3 is 2.61 bits per heavy atom. The Labute approximate surface area is 177 Å². The van der Waals surface area contributed by atoms with E-state index in [0.29, 0.717) is 5.82 Å². The van der Waals surface area contributed by atoms with Gasteiger partial charge in [-0.3, -0.25) is 9.48 Å². The van der Waals surface area contributed by atoms with Crippen molar-refractivity contribution in [2.24, 2.45) is 5.41 Å². The first-order valence-electron chi connectivity index (χ1n) is 10.3. The normalized spacial score (nSPS) is 24.2. The molecule has 9 heteroatoms. The molecule has 2 heterocycles. The first-order valence-corrected chi connectivity index (χ1v) is 10.3. The number of rotatable bonds is 6. The smallest absolute Gasteiger partial charge is 0.309 e. The summed E-state index contributed by atoms with van der Waals surface area (Å²) in [6.45, 7) is 3.65. The molecule has 2 aliphatic rings. The lowest BCUT2D eigenvalue weighted by molar-refractivity contribution is -0.156. The number of hydrogen-bond acceptors (Lipinski definition) is 5. The molecule has 0 bridgehead atoms. The molecule has 0 saturated heterocycles. The lowest BCUT2D eigenvalue weighted by atomic mass is 9.67. The van der Waals surface area contributed by atoms with Gasteiger partial charge < -0.3 is 9.63 Å². The third kappa shape index (κ3) is 3.05. The summed E-state index contributed by atoms with van der Waals surface area (Å²) in [5.41, 5.74) is 0.967. The maximum absolute atomic E-state index is 13.7. The summed E-state index contributed by atoms with van der Waals surface area (Å²) in [6, 6.07) is 8.90. The van der Waals surface area contributed by atoms with Crippen LogP contribution in [0, 0.1) is 12.3 Å². The number of nitrogens with zero attached hydrogens (tertiary/aromatic N) is 4. The Bertz CT molecular complexity index is 1160. The average molecular weight is 428 g/mol. The summed E-state index contributed by atoms with van der Waals surface area (Å²) in [6.07, 6.45) is -0.474. The second-order valence-electron chi connectivity index (χ2n) is 8.95. The SMILES string of the molecule is Cc1ccccc1C1(c2noc(-c3cc(C(F)F)n(C4CC(C)(C(=O)O)C4)n3)n2)CC1. The van der Waals surface area contributed by atoms with Gasteiger partial charge in [0, 0.05) is 0 Å². The zero-order chi connectivity index (χ0) is 22.0. The molecule has 3 aromatic rings. The van der Waals surface area contributed by atoms with Crippen molar-refractivity contribution in [1.29, 1.82) is 0 Å². The third-order valence-corrected chi connectivity index (χ3v) is 6.71. The van der Waals surface area contributed by atoms with E-state index in [1.807, 2.05) is 25.1 Å². The predicted molar refractivity (Wildman–Crippen MR) is 106 cm³/mol. The molecule has 0 amide bonds. The molecule has 0 unspecified atom stereocenters. The molecule has 0 spiro atoms. The Morgan fingerprint density at radius 2 is 2.00 bits per heavy atom. The second-order valence-corrected chi connectivity index (χ2v) is 8.95. The number of aromatic nitrogens is 4. The fraction of sp³-hybridized carbons (Fsp3) is 0.455. The van der Waals surface area contributed by atoms with Crippen LogP contribution in [0.15, 0.2) is 34.9 Å². The number of halogens is 2. The highest BCUT2D eigenvalue weighted by atomic mass is 19.3. The van der Waals surface area contributed by atoms with Crippen molar-refractivity contribution in [1.82, 2.24) is 19.9 Å². The Morgan fingerprint density at radius 1 is 1.29 bits per heavy atom. The summed E-state index contributed by atoms with van der Waals surface area (Å²) in [7, 11) is 0. The topological polar surface area (TPSA) is 94.0 Å². The van der Waals surface area contributed by atoms with E-state index < -0.39 is 23.9 Å². The molecule has 2 aliphatic carbocycles. The maximum Gasteiger partial charge on any atom is 0.309 e. The molecule has 5 rings (SSSR count). The van der Waals surface area contributed by atoms with Gasteiger partial charge in [0.2, 0.25) is 0 Å². The minimum Gasteiger partial charge on any atom is -0.481 e. The zero-order valence-electron chi connectivity index (χ0n) is 17.2. The molecule has 2 saturated carbocycles. The molecule has 7 nitrogen and oxygen atoms in total. The highest BCUT2D eigenvalue weighted by Crippen LogP contribution is 2.53. The minimum absolute atomic E-state index is 0.0934. The standard InChI is InChI=1S/C22H22F2N4O3/c1-12-5-3-4-6-14(12)22(7-8-22)19-25-18(31-27-19)15-9-16(17(23)24)28(26-15)13-10-21(2,11-13)20(29)30/h3-6,9,13,17H,7-8,10-11H2,1-2H3,(H,29,30). The minimum atomic E-state index is -2.75. The van der Waals surface area contributed by atoms with Gasteiger partial charge in [0.1, 0.15) is 5.69 Å². The van der Waals surface area contributed by atoms with E-state index in [0.717, 1.165) is 24.0 Å². The van der Waals surface area contributed by atoms with Crippen LogP contribution >= 0.6 is 0 Å². The number of benzene rings is 1. The second kappa shape index (κ2) is 6.70. The van der Waals surface area contributed by atoms with Gasteiger partial charge in [0.05, 0.1) is 16.9 Å². The fourth-order valence-electron chi connectivity index (χ4n) is 4.67. The molecular weight excluding hydrogens is 406 g/mol. The van der Waals surface area contributed by atoms with Crippen molar-refractivity contribution in [2.75, 3.05) is 0 Å². The van der Waals surface area contributed by atoms with E-state index in [2.05, 4.69) is 21.3 Å². The number of hydrogen-bond donors (Lipinski definition) is 1. The van der Waals surface area contributed by atoms with Crippen molar-refractivity contribution in [2.45, 2.75) is 57.4 Å². The Balaban J connectivity index is 1.46. The van der Waals surface area contributed by atoms with Gasteiger partial charge in [-0.2, -0.15) is 10.1 Å². The summed E-state index contributed by atoms with van der Waals surface area (Å²) in [5, 5.41) is 17.8. The van der Waals surface area contributed by atoms with Gasteiger partial charge in [0.25, 0.3) is 12.3 Å². The van der Waals surface area contributed by atoms with Crippen LogP contribution in [0.5, 0.6) is 0 Å². The molecule has 0 radical (unpaired) electrons. The molecule has 162 valence electrons. The van der Waals surface area contributed by atoms with Crippen molar-refractivity contribution in [3.8, 4) is 11.6 Å². The number of carbonyl (C=O) groups is 1. The van der Waals surface area contributed by atoms with Crippen LogP contribution in [0.1, 0.15) is 67.7 Å². The molecular formula is C22H22F2N4O3. The van der Waals surface area contributed by atoms with E-state index >= 15 is 0 Å². The fourth-order valence-corrected chi connectivity index (χ4v) is 4.67. The summed E-state index contributed by atoms with van der Waals surface area (Å²) in [5.74, 6) is -0.301. The van der Waals surface area contributed by atoms with Crippen molar-refractivity contribution < 1.29 is 23.2 Å². The van der Waals surface area contributed by atoms with E-state index in [1.165, 1.54) is 10.7 Å². The largest absolute Gasteiger partial charge is 0.481 e. The average Bonchev–Trinajstić information content (AvgIpc) is 3.14. The van der Waals surface area contributed by atoms with Crippen molar-refractivity contribution in [3.05, 3.63) is 53.0 Å². The van der Waals surface area contributed by atoms with Crippen LogP contribution in [-0.2, 0) is 10.2 Å². The lowest BCUT2D eigenvalue weighted by Crippen LogP contribution is -2.43. The predicted octanol–water partition coefficient (Wildman–Crippen LogP) is 4.68. The third-order valence-electron chi connectivity index (χ3n) is 6.71. The molecule has 2 aromatic heterocycles. The Kier molecular flexibility index (Phi) is 4.29. The molecule has 1 N–H and O–H groups in total. The van der Waals surface area contributed by atoms with Crippen molar-refractivity contribution in [3.63, 3.8) is 0 Å². The number of alkyl halides is 2. The van der Waals surface area contributed by atoms with Crippen LogP contribution in [-0.4, -0.2) is 31.0 Å². The first kappa shape index (κ1) is 19.8. The summed E-state index contributed by atoms with van der Waals surface area (Å²) < 4.78 is 34.0. The quantitative estimate of drug-likeness (QED) is 0.612.